The van der Waals surface area contributed by atoms with Crippen molar-refractivity contribution in [3.05, 3.63) is 0 Å². The van der Waals surface area contributed by atoms with E-state index in [2.05, 4.69) is 0 Å². The number of hydrogen-bond acceptors (Lipinski definition) is 1. The van der Waals surface area contributed by atoms with E-state index in [-0.39, 0.29) is 60.8 Å². The normalized spacial score (nSPS) is 0.750. The van der Waals surface area contributed by atoms with E-state index in [0.29, 0.717) is 21.0 Å². The van der Waals surface area contributed by atoms with Crippen LogP contribution in [0.4, 0.5) is 0 Å². The number of rotatable bonds is 0. The first-order valence-electron chi connectivity index (χ1n) is 0.183. The Hall–Kier alpha value is 2.57. The fourth-order valence-corrected chi connectivity index (χ4v) is 0. The van der Waals surface area contributed by atoms with Crippen LogP contribution in [0.25, 0.3) is 0 Å². The monoisotopic (exact) mass is 177 g/mol. The van der Waals surface area contributed by atoms with E-state index >= 15 is 0 Å². The van der Waals surface area contributed by atoms with Gasteiger partial charge >= 0.3 is 85.1 Å². The predicted octanol–water partition coefficient (Wildman–Crippen LogP) is -1.95. The van der Waals surface area contributed by atoms with Crippen LogP contribution < -0.4 is 0 Å². The molecule has 0 bridgehead atoms. The zero-order valence-corrected chi connectivity index (χ0v) is 3.05. The molecule has 0 aromatic rings. The van der Waals surface area contributed by atoms with Crippen molar-refractivity contribution in [2.75, 3.05) is 0 Å². The fraction of sp³-hybridized carbons (Fsp3) is 0. The summed E-state index contributed by atoms with van der Waals surface area (Å²) in [6.07, 6.45) is 0. The van der Waals surface area contributed by atoms with Gasteiger partial charge in [-0.2, -0.15) is 0 Å². The van der Waals surface area contributed by atoms with Gasteiger partial charge in [-0.3, -0.25) is 0 Å². The zero-order chi connectivity index (χ0) is 2.00. The molecular weight excluding hydrogens is 173 g/mol. The van der Waals surface area contributed by atoms with Gasteiger partial charge in [-0.1, -0.05) is 0 Å². The summed E-state index contributed by atoms with van der Waals surface area (Å²) in [5, 5.41) is 0. The topological polar surface area (TPSA) is 17.1 Å². The third-order valence-electron chi connectivity index (χ3n) is 0. The molecule has 19 valence electrons. The van der Waals surface area contributed by atoms with Crippen LogP contribution in [-0.4, -0.2) is 60.8 Å². The summed E-state index contributed by atoms with van der Waals surface area (Å²) in [5.74, 6) is 0. The van der Waals surface area contributed by atoms with Gasteiger partial charge in [0.05, 0.1) is 0 Å². The Morgan fingerprint density at radius 3 is 1.25 bits per heavy atom. The van der Waals surface area contributed by atoms with Gasteiger partial charge in [0, 0.05) is 0 Å². The molecule has 0 N–H and O–H groups in total. The Morgan fingerprint density at radius 1 is 1.25 bits per heavy atom. The van der Waals surface area contributed by atoms with Crippen LogP contribution in [0.3, 0.4) is 0 Å². The Labute approximate surface area is 83.3 Å². The fourth-order valence-electron chi connectivity index (χ4n) is 0. The molecule has 0 aromatic carbocycles. The van der Waals surface area contributed by atoms with Crippen molar-refractivity contribution < 1.29 is 24.3 Å². The van der Waals surface area contributed by atoms with Crippen LogP contribution >= 0.6 is 0 Å². The molecule has 0 unspecified atom stereocenters. The summed E-state index contributed by atoms with van der Waals surface area (Å²) in [5.41, 5.74) is 0. The van der Waals surface area contributed by atoms with Gasteiger partial charge < -0.3 is 0 Å². The summed E-state index contributed by atoms with van der Waals surface area (Å²) in [6.45, 7) is 0. The van der Waals surface area contributed by atoms with Crippen molar-refractivity contribution in [2.24, 2.45) is 0 Å². The molecule has 0 aliphatic heterocycles. The molecule has 0 saturated carbocycles. The molecule has 4 heteroatoms. The predicted molar refractivity (Wildman–Crippen MR) is 17.8 cm³/mol. The minimum absolute atomic E-state index is 0. The third kappa shape index (κ3) is 8.82. The summed E-state index contributed by atoms with van der Waals surface area (Å²) < 4.78 is 8.30. The van der Waals surface area contributed by atoms with Crippen molar-refractivity contribution in [1.82, 2.24) is 0 Å². The molecule has 0 aliphatic carbocycles. The second-order valence-corrected chi connectivity index (χ2v) is 0. The molecule has 0 fully saturated rings. The van der Waals surface area contributed by atoms with E-state index in [0.717, 1.165) is 0 Å². The van der Waals surface area contributed by atoms with E-state index in [4.69, 9.17) is 3.25 Å². The molecule has 0 spiro atoms. The van der Waals surface area contributed by atoms with Crippen LogP contribution in [0.15, 0.2) is 0 Å². The molecule has 0 aromatic heterocycles. The van der Waals surface area contributed by atoms with Gasteiger partial charge in [-0.25, -0.2) is 0 Å². The van der Waals surface area contributed by atoms with Crippen molar-refractivity contribution in [2.45, 2.75) is 0 Å². The van der Waals surface area contributed by atoms with Gasteiger partial charge in [0.15, 0.2) is 0 Å². The van der Waals surface area contributed by atoms with Crippen LogP contribution in [0, 0.1) is 0 Å². The molecule has 1 nitrogen and oxygen atoms in total. The quantitative estimate of drug-likeness (QED) is 0.393. The average Bonchev–Trinajstić information content (AvgIpc) is 1.00. The average molecular weight is 177 g/mol. The van der Waals surface area contributed by atoms with E-state index in [1.807, 2.05) is 0 Å². The van der Waals surface area contributed by atoms with Crippen molar-refractivity contribution in [3.8, 4) is 0 Å². The van der Waals surface area contributed by atoms with E-state index in [1.54, 1.807) is 0 Å². The Balaban J connectivity index is -0.00000000500. The second kappa shape index (κ2) is 17.6. The van der Waals surface area contributed by atoms with Crippen molar-refractivity contribution in [1.29, 1.82) is 0 Å². The molecule has 0 radical (unpaired) electrons. The molecule has 4 heavy (non-hydrogen) atoms. The first-order chi connectivity index (χ1) is 1.00. The maximum absolute atomic E-state index is 8.30. The SMILES string of the molecule is [CaH2].[MgH2].[O]=[Nb]. The third-order valence-corrected chi connectivity index (χ3v) is 0. The maximum atomic E-state index is 8.30. The standard InChI is InChI=1S/Ca.Mg.Nb.O.4H. The van der Waals surface area contributed by atoms with E-state index in [9.17, 15) is 0 Å². The van der Waals surface area contributed by atoms with Gasteiger partial charge in [-0.15, -0.1) is 0 Å². The Morgan fingerprint density at radius 2 is 1.25 bits per heavy atom. The Kier molecular flexibility index (Phi) is 70.5. The molecule has 0 aliphatic rings. The molecular formula is H4CaMgNbO. The van der Waals surface area contributed by atoms with Crippen LogP contribution in [0.2, 0.25) is 0 Å². The van der Waals surface area contributed by atoms with Gasteiger partial charge in [-0.05, 0) is 0 Å². The zero-order valence-electron chi connectivity index (χ0n) is 0.855. The first kappa shape index (κ1) is 16.0. The van der Waals surface area contributed by atoms with Crippen molar-refractivity contribution >= 4 is 60.8 Å². The van der Waals surface area contributed by atoms with E-state index in [1.165, 1.54) is 0 Å². The van der Waals surface area contributed by atoms with E-state index < -0.39 is 0 Å². The minimum atomic E-state index is 0. The first-order valence-corrected chi connectivity index (χ1v) is 1.08. The van der Waals surface area contributed by atoms with Gasteiger partial charge in [0.25, 0.3) is 0 Å². The summed E-state index contributed by atoms with van der Waals surface area (Å²) in [6, 6.07) is 0. The molecule has 0 heterocycles. The molecule has 0 atom stereocenters. The Bertz CT molecular complexity index is 8.00. The summed E-state index contributed by atoms with van der Waals surface area (Å²) >= 11 is 0.500. The molecule has 0 rings (SSSR count). The van der Waals surface area contributed by atoms with Gasteiger partial charge in [0.2, 0.25) is 0 Å². The van der Waals surface area contributed by atoms with Crippen molar-refractivity contribution in [3.63, 3.8) is 0 Å². The second-order valence-electron chi connectivity index (χ2n) is 0. The summed E-state index contributed by atoms with van der Waals surface area (Å²) in [7, 11) is 0. The van der Waals surface area contributed by atoms with Crippen LogP contribution in [-0.2, 0) is 24.3 Å². The molecule has 0 saturated heterocycles. The van der Waals surface area contributed by atoms with Crippen LogP contribution in [0.5, 0.6) is 0 Å². The van der Waals surface area contributed by atoms with Gasteiger partial charge in [0.1, 0.15) is 0 Å². The van der Waals surface area contributed by atoms with Crippen LogP contribution in [0.1, 0.15) is 0 Å². The summed E-state index contributed by atoms with van der Waals surface area (Å²) in [4.78, 5) is 0. The number of hydrogen-bond donors (Lipinski definition) is 0. The molecule has 0 amide bonds.